The van der Waals surface area contributed by atoms with Crippen molar-refractivity contribution in [3.63, 3.8) is 0 Å². The Morgan fingerprint density at radius 1 is 1.42 bits per heavy atom. The van der Waals surface area contributed by atoms with Crippen LogP contribution in [0.5, 0.6) is 0 Å². The molecular formula is C17H25N3O4. The molecule has 1 aliphatic heterocycles. The fraction of sp³-hybridized carbons (Fsp3) is 0.588. The van der Waals surface area contributed by atoms with Crippen molar-refractivity contribution in [3.05, 3.63) is 39.9 Å². The standard InChI is InChI=1S/C17H25N3O4/c1-4-9-24-16-11-14(10-12(2)3)18-19(16)17(21)13-5-7-15(8-6-13)20(22)23/h5-8,12,14,16,18H,4,9-11H2,1-3H3/t14-,16?/m0/s1. The number of hydrazine groups is 1. The monoisotopic (exact) mass is 335 g/mol. The summed E-state index contributed by atoms with van der Waals surface area (Å²) in [6.07, 6.45) is 2.27. The minimum Gasteiger partial charge on any atom is -0.357 e. The maximum absolute atomic E-state index is 12.7. The fourth-order valence-electron chi connectivity index (χ4n) is 2.85. The molecule has 1 heterocycles. The minimum absolute atomic E-state index is 0.0302. The third-order valence-electron chi connectivity index (χ3n) is 3.91. The highest BCUT2D eigenvalue weighted by Crippen LogP contribution is 2.24. The third kappa shape index (κ3) is 4.52. The SMILES string of the molecule is CCCOC1C[C@H](CC(C)C)NN1C(=O)c1ccc([N+](=O)[O-])cc1. The van der Waals surface area contributed by atoms with E-state index in [2.05, 4.69) is 19.3 Å². The first-order valence-electron chi connectivity index (χ1n) is 8.38. The van der Waals surface area contributed by atoms with Crippen LogP contribution in [0.4, 0.5) is 5.69 Å². The fourth-order valence-corrected chi connectivity index (χ4v) is 2.85. The van der Waals surface area contributed by atoms with E-state index in [-0.39, 0.29) is 23.9 Å². The Morgan fingerprint density at radius 2 is 2.08 bits per heavy atom. The lowest BCUT2D eigenvalue weighted by Crippen LogP contribution is -2.45. The zero-order chi connectivity index (χ0) is 17.7. The molecule has 24 heavy (non-hydrogen) atoms. The van der Waals surface area contributed by atoms with Gasteiger partial charge in [0, 0.05) is 36.8 Å². The highest BCUT2D eigenvalue weighted by Gasteiger charge is 2.36. The minimum atomic E-state index is -0.478. The number of non-ortho nitro benzene ring substituents is 1. The van der Waals surface area contributed by atoms with Gasteiger partial charge in [-0.3, -0.25) is 14.9 Å². The van der Waals surface area contributed by atoms with Gasteiger partial charge >= 0.3 is 0 Å². The normalized spacial score (nSPS) is 20.6. The summed E-state index contributed by atoms with van der Waals surface area (Å²) < 4.78 is 5.82. The predicted octanol–water partition coefficient (Wildman–Crippen LogP) is 3.11. The molecule has 0 saturated carbocycles. The molecule has 0 bridgehead atoms. The van der Waals surface area contributed by atoms with Crippen LogP contribution in [-0.2, 0) is 4.74 Å². The quantitative estimate of drug-likeness (QED) is 0.611. The molecule has 1 aliphatic rings. The smallest absolute Gasteiger partial charge is 0.270 e. The molecule has 0 spiro atoms. The lowest BCUT2D eigenvalue weighted by Gasteiger charge is -2.24. The number of nitrogens with one attached hydrogen (secondary N) is 1. The molecule has 7 nitrogen and oxygen atoms in total. The van der Waals surface area contributed by atoms with E-state index in [1.807, 2.05) is 6.92 Å². The average Bonchev–Trinajstić information content (AvgIpc) is 2.94. The van der Waals surface area contributed by atoms with Crippen molar-refractivity contribution in [2.45, 2.75) is 52.3 Å². The summed E-state index contributed by atoms with van der Waals surface area (Å²) in [5, 5.41) is 12.3. The number of benzene rings is 1. The summed E-state index contributed by atoms with van der Waals surface area (Å²) >= 11 is 0. The second kappa shape index (κ2) is 8.21. The van der Waals surface area contributed by atoms with Gasteiger partial charge in [0.25, 0.3) is 11.6 Å². The summed E-state index contributed by atoms with van der Waals surface area (Å²) in [6.45, 7) is 6.90. The Bertz CT molecular complexity index is 574. The molecule has 132 valence electrons. The van der Waals surface area contributed by atoms with Crippen LogP contribution < -0.4 is 5.43 Å². The molecule has 0 aromatic heterocycles. The van der Waals surface area contributed by atoms with Crippen LogP contribution in [0.2, 0.25) is 0 Å². The number of nitrogens with zero attached hydrogens (tertiary/aromatic N) is 2. The first-order valence-corrected chi connectivity index (χ1v) is 8.38. The Morgan fingerprint density at radius 3 is 2.62 bits per heavy atom. The maximum Gasteiger partial charge on any atom is 0.270 e. The molecule has 7 heteroatoms. The van der Waals surface area contributed by atoms with E-state index in [0.29, 0.717) is 18.1 Å². The van der Waals surface area contributed by atoms with Crippen LogP contribution in [0.1, 0.15) is 50.4 Å². The van der Waals surface area contributed by atoms with Crippen LogP contribution in [-0.4, -0.2) is 34.7 Å². The topological polar surface area (TPSA) is 84.7 Å². The third-order valence-corrected chi connectivity index (χ3v) is 3.91. The average molecular weight is 335 g/mol. The molecule has 1 saturated heterocycles. The number of carbonyl (C=O) groups excluding carboxylic acids is 1. The highest BCUT2D eigenvalue weighted by molar-refractivity contribution is 5.94. The van der Waals surface area contributed by atoms with Gasteiger partial charge in [-0.15, -0.1) is 0 Å². The van der Waals surface area contributed by atoms with E-state index >= 15 is 0 Å². The molecule has 2 rings (SSSR count). The first-order chi connectivity index (χ1) is 11.4. The molecule has 1 aromatic rings. The molecule has 1 fully saturated rings. The lowest BCUT2D eigenvalue weighted by atomic mass is 10.0. The Balaban J connectivity index is 2.12. The van der Waals surface area contributed by atoms with E-state index in [1.165, 1.54) is 29.3 Å². The second-order valence-corrected chi connectivity index (χ2v) is 6.50. The van der Waals surface area contributed by atoms with E-state index in [1.54, 1.807) is 0 Å². The van der Waals surface area contributed by atoms with Crippen LogP contribution in [0, 0.1) is 16.0 Å². The summed E-state index contributed by atoms with van der Waals surface area (Å²) in [5.41, 5.74) is 3.62. The Labute approximate surface area is 142 Å². The van der Waals surface area contributed by atoms with Gasteiger partial charge in [-0.2, -0.15) is 0 Å². The predicted molar refractivity (Wildman–Crippen MR) is 90.3 cm³/mol. The maximum atomic E-state index is 12.7. The van der Waals surface area contributed by atoms with Gasteiger partial charge in [0.05, 0.1) is 4.92 Å². The number of hydrogen-bond donors (Lipinski definition) is 1. The number of hydrogen-bond acceptors (Lipinski definition) is 5. The van der Waals surface area contributed by atoms with Gasteiger partial charge in [0.1, 0.15) is 6.23 Å². The Kier molecular flexibility index (Phi) is 6.28. The number of carbonyl (C=O) groups is 1. The van der Waals surface area contributed by atoms with Crippen LogP contribution in [0.15, 0.2) is 24.3 Å². The van der Waals surface area contributed by atoms with Crippen LogP contribution in [0.3, 0.4) is 0 Å². The molecule has 0 radical (unpaired) electrons. The van der Waals surface area contributed by atoms with E-state index in [4.69, 9.17) is 4.74 Å². The largest absolute Gasteiger partial charge is 0.357 e. The Hall–Kier alpha value is -1.99. The van der Waals surface area contributed by atoms with Crippen molar-refractivity contribution in [1.82, 2.24) is 10.4 Å². The zero-order valence-corrected chi connectivity index (χ0v) is 14.4. The zero-order valence-electron chi connectivity index (χ0n) is 14.4. The van der Waals surface area contributed by atoms with Crippen molar-refractivity contribution in [2.75, 3.05) is 6.61 Å². The summed E-state index contributed by atoms with van der Waals surface area (Å²) in [5.74, 6) is 0.293. The number of nitro benzene ring substituents is 1. The molecule has 0 aliphatic carbocycles. The highest BCUT2D eigenvalue weighted by atomic mass is 16.6. The van der Waals surface area contributed by atoms with Crippen molar-refractivity contribution < 1.29 is 14.5 Å². The summed E-state index contributed by atoms with van der Waals surface area (Å²) in [4.78, 5) is 23.0. The van der Waals surface area contributed by atoms with Gasteiger partial charge < -0.3 is 4.74 Å². The lowest BCUT2D eigenvalue weighted by molar-refractivity contribution is -0.384. The molecule has 1 aromatic carbocycles. The summed E-state index contributed by atoms with van der Waals surface area (Å²) in [7, 11) is 0. The van der Waals surface area contributed by atoms with Crippen molar-refractivity contribution in [2.24, 2.45) is 5.92 Å². The van der Waals surface area contributed by atoms with Crippen LogP contribution >= 0.6 is 0 Å². The number of amides is 1. The van der Waals surface area contributed by atoms with E-state index < -0.39 is 4.92 Å². The van der Waals surface area contributed by atoms with E-state index in [9.17, 15) is 14.9 Å². The molecule has 2 atom stereocenters. The first kappa shape index (κ1) is 18.4. The summed E-state index contributed by atoms with van der Waals surface area (Å²) in [6, 6.07) is 5.84. The molecule has 1 N–H and O–H groups in total. The van der Waals surface area contributed by atoms with Gasteiger partial charge in [0.15, 0.2) is 0 Å². The second-order valence-electron chi connectivity index (χ2n) is 6.50. The van der Waals surface area contributed by atoms with Crippen LogP contribution in [0.25, 0.3) is 0 Å². The van der Waals surface area contributed by atoms with E-state index in [0.717, 1.165) is 19.3 Å². The molecule has 1 amide bonds. The van der Waals surface area contributed by atoms with Gasteiger partial charge in [-0.05, 0) is 30.9 Å². The van der Waals surface area contributed by atoms with Crippen molar-refractivity contribution in [3.8, 4) is 0 Å². The molecular weight excluding hydrogens is 310 g/mol. The number of rotatable bonds is 7. The molecule has 1 unspecified atom stereocenters. The number of nitro groups is 1. The van der Waals surface area contributed by atoms with Crippen molar-refractivity contribution >= 4 is 11.6 Å². The van der Waals surface area contributed by atoms with Gasteiger partial charge in [0.2, 0.25) is 0 Å². The van der Waals surface area contributed by atoms with Gasteiger partial charge in [-0.1, -0.05) is 20.8 Å². The van der Waals surface area contributed by atoms with Crippen molar-refractivity contribution in [1.29, 1.82) is 0 Å². The van der Waals surface area contributed by atoms with Gasteiger partial charge in [-0.25, -0.2) is 10.4 Å². The number of ether oxygens (including phenoxy) is 1.